The standard InChI is InChI=1S/C15H21N3O2/c1-17-6-8-18(9-7-17)16-11-13-10-12-4-3-5-14(19-2)15(12)20-13/h3-5,10,16H,6-9,11H2,1-2H3. The van der Waals surface area contributed by atoms with Crippen LogP contribution in [0.3, 0.4) is 0 Å². The average Bonchev–Trinajstić information content (AvgIpc) is 2.89. The van der Waals surface area contributed by atoms with Crippen molar-refractivity contribution in [2.24, 2.45) is 0 Å². The molecule has 0 amide bonds. The number of nitrogens with zero attached hydrogens (tertiary/aromatic N) is 2. The Balaban J connectivity index is 1.66. The van der Waals surface area contributed by atoms with Crippen LogP contribution in [-0.4, -0.2) is 50.2 Å². The Labute approximate surface area is 119 Å². The van der Waals surface area contributed by atoms with Gasteiger partial charge in [0.2, 0.25) is 0 Å². The second kappa shape index (κ2) is 5.83. The second-order valence-corrected chi connectivity index (χ2v) is 5.22. The number of likely N-dealkylation sites (N-methyl/N-ethyl adjacent to an activating group) is 1. The van der Waals surface area contributed by atoms with E-state index < -0.39 is 0 Å². The van der Waals surface area contributed by atoms with E-state index >= 15 is 0 Å². The van der Waals surface area contributed by atoms with E-state index in [1.165, 1.54) is 0 Å². The summed E-state index contributed by atoms with van der Waals surface area (Å²) >= 11 is 0. The number of methoxy groups -OCH3 is 1. The van der Waals surface area contributed by atoms with Gasteiger partial charge in [-0.3, -0.25) is 0 Å². The van der Waals surface area contributed by atoms with E-state index in [4.69, 9.17) is 9.15 Å². The van der Waals surface area contributed by atoms with E-state index in [1.54, 1.807) is 7.11 Å². The van der Waals surface area contributed by atoms with Crippen molar-refractivity contribution < 1.29 is 9.15 Å². The first kappa shape index (κ1) is 13.4. The summed E-state index contributed by atoms with van der Waals surface area (Å²) in [5.74, 6) is 1.72. The van der Waals surface area contributed by atoms with Crippen LogP contribution in [0.4, 0.5) is 0 Å². The smallest absolute Gasteiger partial charge is 0.176 e. The van der Waals surface area contributed by atoms with Crippen LogP contribution >= 0.6 is 0 Å². The van der Waals surface area contributed by atoms with Crippen LogP contribution in [0.2, 0.25) is 0 Å². The van der Waals surface area contributed by atoms with Gasteiger partial charge in [-0.1, -0.05) is 12.1 Å². The fraction of sp³-hybridized carbons (Fsp3) is 0.467. The van der Waals surface area contributed by atoms with Crippen molar-refractivity contribution in [3.05, 3.63) is 30.0 Å². The number of furan rings is 1. The largest absolute Gasteiger partial charge is 0.493 e. The molecular weight excluding hydrogens is 254 g/mol. The summed E-state index contributed by atoms with van der Waals surface area (Å²) < 4.78 is 11.2. The molecular formula is C15H21N3O2. The topological polar surface area (TPSA) is 40.9 Å². The van der Waals surface area contributed by atoms with Crippen molar-refractivity contribution in [3.8, 4) is 5.75 Å². The maximum atomic E-state index is 5.88. The highest BCUT2D eigenvalue weighted by Crippen LogP contribution is 2.28. The monoisotopic (exact) mass is 275 g/mol. The molecule has 1 saturated heterocycles. The lowest BCUT2D eigenvalue weighted by Crippen LogP contribution is -2.50. The highest BCUT2D eigenvalue weighted by atomic mass is 16.5. The van der Waals surface area contributed by atoms with Crippen molar-refractivity contribution in [2.75, 3.05) is 40.3 Å². The summed E-state index contributed by atoms with van der Waals surface area (Å²) in [7, 11) is 3.82. The van der Waals surface area contributed by atoms with Crippen LogP contribution < -0.4 is 10.2 Å². The van der Waals surface area contributed by atoms with Crippen molar-refractivity contribution in [2.45, 2.75) is 6.54 Å². The summed E-state index contributed by atoms with van der Waals surface area (Å²) in [5.41, 5.74) is 4.25. The van der Waals surface area contributed by atoms with Gasteiger partial charge in [-0.15, -0.1) is 0 Å². The summed E-state index contributed by atoms with van der Waals surface area (Å²) in [6, 6.07) is 8.01. The minimum Gasteiger partial charge on any atom is -0.493 e. The number of fused-ring (bicyclic) bond motifs is 1. The number of ether oxygens (including phenoxy) is 1. The van der Waals surface area contributed by atoms with Crippen LogP contribution in [0.15, 0.2) is 28.7 Å². The molecule has 0 atom stereocenters. The Hall–Kier alpha value is -1.56. The van der Waals surface area contributed by atoms with Gasteiger partial charge < -0.3 is 14.1 Å². The predicted octanol–water partition coefficient (Wildman–Crippen LogP) is 1.69. The number of hydrogen-bond donors (Lipinski definition) is 1. The van der Waals surface area contributed by atoms with E-state index in [2.05, 4.69) is 28.4 Å². The van der Waals surface area contributed by atoms with Gasteiger partial charge in [0.05, 0.1) is 13.7 Å². The number of benzene rings is 1. The molecule has 0 radical (unpaired) electrons. The summed E-state index contributed by atoms with van der Waals surface area (Å²) in [5, 5.41) is 3.34. The molecule has 2 aromatic rings. The van der Waals surface area contributed by atoms with Gasteiger partial charge in [-0.25, -0.2) is 10.4 Å². The Morgan fingerprint density at radius 2 is 2.05 bits per heavy atom. The van der Waals surface area contributed by atoms with Crippen molar-refractivity contribution in [1.29, 1.82) is 0 Å². The zero-order valence-corrected chi connectivity index (χ0v) is 12.1. The van der Waals surface area contributed by atoms with E-state index in [-0.39, 0.29) is 0 Å². The minimum absolute atomic E-state index is 0.710. The fourth-order valence-electron chi connectivity index (χ4n) is 2.49. The summed E-state index contributed by atoms with van der Waals surface area (Å²) in [4.78, 5) is 2.34. The molecule has 3 rings (SSSR count). The third-order valence-corrected chi connectivity index (χ3v) is 3.76. The Kier molecular flexibility index (Phi) is 3.91. The molecule has 5 nitrogen and oxygen atoms in total. The van der Waals surface area contributed by atoms with Crippen molar-refractivity contribution >= 4 is 11.0 Å². The van der Waals surface area contributed by atoms with E-state index in [0.29, 0.717) is 6.54 Å². The molecule has 0 saturated carbocycles. The minimum atomic E-state index is 0.710. The first-order valence-corrected chi connectivity index (χ1v) is 6.98. The quantitative estimate of drug-likeness (QED) is 0.919. The number of nitrogens with one attached hydrogen (secondary N) is 1. The third-order valence-electron chi connectivity index (χ3n) is 3.76. The normalized spacial score (nSPS) is 17.7. The van der Waals surface area contributed by atoms with E-state index in [9.17, 15) is 0 Å². The van der Waals surface area contributed by atoms with Crippen LogP contribution in [-0.2, 0) is 6.54 Å². The second-order valence-electron chi connectivity index (χ2n) is 5.22. The van der Waals surface area contributed by atoms with E-state index in [1.807, 2.05) is 18.2 Å². The first-order chi connectivity index (χ1) is 9.76. The molecule has 2 heterocycles. The molecule has 1 aromatic heterocycles. The van der Waals surface area contributed by atoms with Gasteiger partial charge in [-0.2, -0.15) is 0 Å². The molecule has 0 bridgehead atoms. The lowest BCUT2D eigenvalue weighted by molar-refractivity contribution is 0.0993. The number of hydrazine groups is 1. The average molecular weight is 275 g/mol. The van der Waals surface area contributed by atoms with E-state index in [0.717, 1.165) is 48.7 Å². The summed E-state index contributed by atoms with van der Waals surface area (Å²) in [6.45, 7) is 4.99. The van der Waals surface area contributed by atoms with Gasteiger partial charge in [0.1, 0.15) is 5.76 Å². The van der Waals surface area contributed by atoms with Gasteiger partial charge in [0.15, 0.2) is 11.3 Å². The van der Waals surface area contributed by atoms with Gasteiger partial charge >= 0.3 is 0 Å². The Bertz CT molecular complexity index is 574. The SMILES string of the molecule is COc1cccc2cc(CNN3CCN(C)CC3)oc12. The Morgan fingerprint density at radius 3 is 2.80 bits per heavy atom. The van der Waals surface area contributed by atoms with Crippen LogP contribution in [0, 0.1) is 0 Å². The molecule has 5 heteroatoms. The Morgan fingerprint density at radius 1 is 1.25 bits per heavy atom. The molecule has 1 aromatic carbocycles. The first-order valence-electron chi connectivity index (χ1n) is 6.98. The zero-order chi connectivity index (χ0) is 13.9. The molecule has 1 fully saturated rings. The highest BCUT2D eigenvalue weighted by molar-refractivity contribution is 5.83. The lowest BCUT2D eigenvalue weighted by Gasteiger charge is -2.32. The maximum Gasteiger partial charge on any atom is 0.176 e. The number of piperazine rings is 1. The molecule has 0 aliphatic carbocycles. The molecule has 1 aliphatic rings. The van der Waals surface area contributed by atoms with Gasteiger partial charge in [-0.05, 0) is 19.2 Å². The molecule has 0 spiro atoms. The molecule has 20 heavy (non-hydrogen) atoms. The van der Waals surface area contributed by atoms with Gasteiger partial charge in [0, 0.05) is 31.6 Å². The molecule has 0 unspecified atom stereocenters. The number of para-hydroxylation sites is 1. The number of rotatable bonds is 4. The zero-order valence-electron chi connectivity index (χ0n) is 12.1. The van der Waals surface area contributed by atoms with Crippen LogP contribution in [0.1, 0.15) is 5.76 Å². The lowest BCUT2D eigenvalue weighted by atomic mass is 10.2. The molecule has 108 valence electrons. The van der Waals surface area contributed by atoms with Crippen molar-refractivity contribution in [1.82, 2.24) is 15.3 Å². The number of hydrogen-bond acceptors (Lipinski definition) is 5. The maximum absolute atomic E-state index is 5.88. The van der Waals surface area contributed by atoms with Crippen LogP contribution in [0.25, 0.3) is 11.0 Å². The predicted molar refractivity (Wildman–Crippen MR) is 78.7 cm³/mol. The fourth-order valence-corrected chi connectivity index (χ4v) is 2.49. The summed E-state index contributed by atoms with van der Waals surface area (Å²) in [6.07, 6.45) is 0. The third kappa shape index (κ3) is 2.80. The van der Waals surface area contributed by atoms with Crippen LogP contribution in [0.5, 0.6) is 5.75 Å². The van der Waals surface area contributed by atoms with Crippen molar-refractivity contribution in [3.63, 3.8) is 0 Å². The highest BCUT2D eigenvalue weighted by Gasteiger charge is 2.14. The molecule has 1 N–H and O–H groups in total. The van der Waals surface area contributed by atoms with Gasteiger partial charge in [0.25, 0.3) is 0 Å². The molecule has 1 aliphatic heterocycles.